The minimum atomic E-state index is -0.235. The fraction of sp³-hybridized carbons (Fsp3) is 0.500. The van der Waals surface area contributed by atoms with Gasteiger partial charge < -0.3 is 0 Å². The standard InChI is InChI=1S/C18H21ClN2O3/c1-11-6-7-15-16(8-11)18(24)21(17(15)23)10-20(12(2)22)14-5-3-4-13(19)9-14/h3-5,9,11,15-16H,6-8,10H2,1-2H3/t11-,15+,16+/m0/s1. The van der Waals surface area contributed by atoms with Crippen LogP contribution in [0, 0.1) is 17.8 Å². The molecule has 1 heterocycles. The Labute approximate surface area is 146 Å². The number of amides is 3. The Morgan fingerprint density at radius 2 is 1.96 bits per heavy atom. The fourth-order valence-electron chi connectivity index (χ4n) is 3.75. The highest BCUT2D eigenvalue weighted by molar-refractivity contribution is 6.30. The summed E-state index contributed by atoms with van der Waals surface area (Å²) in [6.45, 7) is 3.49. The van der Waals surface area contributed by atoms with Gasteiger partial charge in [0.15, 0.2) is 0 Å². The van der Waals surface area contributed by atoms with E-state index >= 15 is 0 Å². The van der Waals surface area contributed by atoms with Gasteiger partial charge in [0, 0.05) is 17.6 Å². The predicted octanol–water partition coefficient (Wildman–Crippen LogP) is 3.07. The lowest BCUT2D eigenvalue weighted by Gasteiger charge is -2.26. The van der Waals surface area contributed by atoms with Crippen LogP contribution in [-0.4, -0.2) is 29.3 Å². The maximum Gasteiger partial charge on any atom is 0.234 e. The first-order valence-electron chi connectivity index (χ1n) is 8.27. The highest BCUT2D eigenvalue weighted by Crippen LogP contribution is 2.40. The molecule has 1 aromatic rings. The first-order valence-corrected chi connectivity index (χ1v) is 8.65. The second kappa shape index (κ2) is 6.55. The van der Waals surface area contributed by atoms with Crippen LogP contribution in [0.1, 0.15) is 33.1 Å². The Bertz CT molecular complexity index is 691. The van der Waals surface area contributed by atoms with E-state index in [2.05, 4.69) is 6.92 Å². The Morgan fingerprint density at radius 1 is 1.25 bits per heavy atom. The number of fused-ring (bicyclic) bond motifs is 1. The van der Waals surface area contributed by atoms with Gasteiger partial charge in [-0.25, -0.2) is 0 Å². The second-order valence-electron chi connectivity index (χ2n) is 6.80. The number of nitrogens with zero attached hydrogens (tertiary/aromatic N) is 2. The zero-order valence-electron chi connectivity index (χ0n) is 13.9. The summed E-state index contributed by atoms with van der Waals surface area (Å²) in [7, 11) is 0. The third-order valence-corrected chi connectivity index (χ3v) is 5.30. The van der Waals surface area contributed by atoms with Gasteiger partial charge in [0.25, 0.3) is 0 Å². The summed E-state index contributed by atoms with van der Waals surface area (Å²) in [6, 6.07) is 6.85. The molecule has 1 aliphatic heterocycles. The van der Waals surface area contributed by atoms with Crippen LogP contribution >= 0.6 is 11.6 Å². The lowest BCUT2D eigenvalue weighted by atomic mass is 9.76. The van der Waals surface area contributed by atoms with Crippen LogP contribution in [0.15, 0.2) is 24.3 Å². The number of imide groups is 1. The molecule has 5 nitrogen and oxygen atoms in total. The van der Waals surface area contributed by atoms with Crippen LogP contribution in [0.5, 0.6) is 0 Å². The molecule has 2 fully saturated rings. The number of halogens is 1. The van der Waals surface area contributed by atoms with Gasteiger partial charge in [0.2, 0.25) is 17.7 Å². The SMILES string of the molecule is CC(=O)N(CN1C(=O)[C@@H]2CC[C@H](C)C[C@H]2C1=O)c1cccc(Cl)c1. The van der Waals surface area contributed by atoms with E-state index in [0.717, 1.165) is 19.3 Å². The van der Waals surface area contributed by atoms with Crippen LogP contribution in [0.3, 0.4) is 0 Å². The zero-order chi connectivity index (χ0) is 17.4. The zero-order valence-corrected chi connectivity index (χ0v) is 14.6. The molecule has 128 valence electrons. The van der Waals surface area contributed by atoms with Crippen LogP contribution < -0.4 is 4.90 Å². The molecular weight excluding hydrogens is 328 g/mol. The van der Waals surface area contributed by atoms with Crippen molar-refractivity contribution in [3.8, 4) is 0 Å². The maximum atomic E-state index is 12.7. The summed E-state index contributed by atoms with van der Waals surface area (Å²) in [6.07, 6.45) is 2.48. The van der Waals surface area contributed by atoms with E-state index < -0.39 is 0 Å². The maximum absolute atomic E-state index is 12.7. The van der Waals surface area contributed by atoms with Crippen molar-refractivity contribution in [2.75, 3.05) is 11.6 Å². The largest absolute Gasteiger partial charge is 0.294 e. The van der Waals surface area contributed by atoms with Crippen molar-refractivity contribution in [2.24, 2.45) is 17.8 Å². The number of hydrogen-bond acceptors (Lipinski definition) is 3. The second-order valence-corrected chi connectivity index (χ2v) is 7.24. The van der Waals surface area contributed by atoms with Crippen molar-refractivity contribution >= 4 is 35.0 Å². The first kappa shape index (κ1) is 17.0. The number of likely N-dealkylation sites (tertiary alicyclic amines) is 1. The molecule has 0 unspecified atom stereocenters. The Hall–Kier alpha value is -1.88. The van der Waals surface area contributed by atoms with Crippen LogP contribution in [-0.2, 0) is 14.4 Å². The number of benzene rings is 1. The monoisotopic (exact) mass is 348 g/mol. The summed E-state index contributed by atoms with van der Waals surface area (Å²) in [5.41, 5.74) is 0.582. The third-order valence-electron chi connectivity index (χ3n) is 5.06. The highest BCUT2D eigenvalue weighted by atomic mass is 35.5. The van der Waals surface area contributed by atoms with Gasteiger partial charge in [-0.2, -0.15) is 0 Å². The third kappa shape index (κ3) is 3.05. The Kier molecular flexibility index (Phi) is 4.63. The predicted molar refractivity (Wildman–Crippen MR) is 91.3 cm³/mol. The summed E-state index contributed by atoms with van der Waals surface area (Å²) >= 11 is 6.00. The summed E-state index contributed by atoms with van der Waals surface area (Å²) in [4.78, 5) is 40.1. The van der Waals surface area contributed by atoms with Gasteiger partial charge in [-0.1, -0.05) is 24.6 Å². The minimum absolute atomic E-state index is 0.0469. The summed E-state index contributed by atoms with van der Waals surface area (Å²) in [5, 5.41) is 0.500. The molecule has 3 rings (SSSR count). The van der Waals surface area contributed by atoms with E-state index in [9.17, 15) is 14.4 Å². The van der Waals surface area contributed by atoms with Crippen LogP contribution in [0.4, 0.5) is 5.69 Å². The van der Waals surface area contributed by atoms with E-state index in [1.165, 1.54) is 16.7 Å². The smallest absolute Gasteiger partial charge is 0.234 e. The molecule has 0 spiro atoms. The first-order chi connectivity index (χ1) is 11.4. The lowest BCUT2D eigenvalue weighted by Crippen LogP contribution is -2.44. The van der Waals surface area contributed by atoms with Gasteiger partial charge in [-0.15, -0.1) is 0 Å². The minimum Gasteiger partial charge on any atom is -0.294 e. The number of carbonyl (C=O) groups is 3. The van der Waals surface area contributed by atoms with E-state index in [-0.39, 0.29) is 36.2 Å². The molecule has 3 amide bonds. The van der Waals surface area contributed by atoms with Crippen LogP contribution in [0.25, 0.3) is 0 Å². The van der Waals surface area contributed by atoms with Crippen molar-refractivity contribution in [2.45, 2.75) is 33.1 Å². The number of rotatable bonds is 3. The number of anilines is 1. The average molecular weight is 349 g/mol. The molecule has 1 aliphatic carbocycles. The van der Waals surface area contributed by atoms with Crippen molar-refractivity contribution in [1.82, 2.24) is 4.90 Å². The molecule has 1 saturated heterocycles. The molecule has 1 saturated carbocycles. The van der Waals surface area contributed by atoms with Crippen molar-refractivity contribution < 1.29 is 14.4 Å². The summed E-state index contributed by atoms with van der Waals surface area (Å²) < 4.78 is 0. The molecule has 24 heavy (non-hydrogen) atoms. The Morgan fingerprint density at radius 3 is 2.62 bits per heavy atom. The van der Waals surface area contributed by atoms with Gasteiger partial charge in [0.05, 0.1) is 11.8 Å². The van der Waals surface area contributed by atoms with E-state index in [4.69, 9.17) is 11.6 Å². The number of hydrogen-bond donors (Lipinski definition) is 0. The molecule has 3 atom stereocenters. The fourth-order valence-corrected chi connectivity index (χ4v) is 3.93. The van der Waals surface area contributed by atoms with E-state index in [1.807, 2.05) is 0 Å². The van der Waals surface area contributed by atoms with Gasteiger partial charge in [-0.05, 0) is 43.4 Å². The molecular formula is C18H21ClN2O3. The molecule has 0 radical (unpaired) electrons. The summed E-state index contributed by atoms with van der Waals surface area (Å²) in [5.74, 6) is -0.521. The van der Waals surface area contributed by atoms with Gasteiger partial charge in [0.1, 0.15) is 6.67 Å². The van der Waals surface area contributed by atoms with Gasteiger partial charge >= 0.3 is 0 Å². The van der Waals surface area contributed by atoms with Crippen molar-refractivity contribution in [3.05, 3.63) is 29.3 Å². The molecule has 0 bridgehead atoms. The van der Waals surface area contributed by atoms with Gasteiger partial charge in [-0.3, -0.25) is 24.2 Å². The molecule has 6 heteroatoms. The average Bonchev–Trinajstić information content (AvgIpc) is 2.76. The molecule has 2 aliphatic rings. The van der Waals surface area contributed by atoms with E-state index in [1.54, 1.807) is 24.3 Å². The van der Waals surface area contributed by atoms with Crippen LogP contribution in [0.2, 0.25) is 5.02 Å². The molecule has 0 aromatic heterocycles. The highest BCUT2D eigenvalue weighted by Gasteiger charge is 2.49. The lowest BCUT2D eigenvalue weighted by molar-refractivity contribution is -0.140. The van der Waals surface area contributed by atoms with Crippen molar-refractivity contribution in [1.29, 1.82) is 0 Å². The number of carbonyl (C=O) groups excluding carboxylic acids is 3. The quantitative estimate of drug-likeness (QED) is 0.789. The molecule has 0 N–H and O–H groups in total. The van der Waals surface area contributed by atoms with Crippen molar-refractivity contribution in [3.63, 3.8) is 0 Å². The topological polar surface area (TPSA) is 57.7 Å². The Balaban J connectivity index is 1.84. The van der Waals surface area contributed by atoms with E-state index in [0.29, 0.717) is 16.6 Å². The molecule has 1 aromatic carbocycles. The normalized spacial score (nSPS) is 26.5.